The second kappa shape index (κ2) is 5.27. The molecule has 0 atom stereocenters. The van der Waals surface area contributed by atoms with E-state index < -0.39 is 5.82 Å². The third-order valence-corrected chi connectivity index (χ3v) is 3.45. The van der Waals surface area contributed by atoms with Gasteiger partial charge in [-0.1, -0.05) is 35.3 Å². The highest BCUT2D eigenvalue weighted by Gasteiger charge is 2.06. The number of rotatable bonds is 2. The lowest BCUT2D eigenvalue weighted by Gasteiger charge is -2.02. The average Bonchev–Trinajstić information content (AvgIpc) is 2.92. The fourth-order valence-electron chi connectivity index (χ4n) is 1.91. The van der Waals surface area contributed by atoms with Crippen LogP contribution >= 0.6 is 23.2 Å². The van der Waals surface area contributed by atoms with Gasteiger partial charge in [-0.15, -0.1) is 0 Å². The van der Waals surface area contributed by atoms with Crippen LogP contribution in [-0.2, 0) is 0 Å². The van der Waals surface area contributed by atoms with Gasteiger partial charge in [0.1, 0.15) is 5.82 Å². The molecule has 0 fully saturated rings. The van der Waals surface area contributed by atoms with E-state index in [-0.39, 0.29) is 5.02 Å². The topological polar surface area (TPSA) is 17.8 Å². The Morgan fingerprint density at radius 2 is 1.85 bits per heavy atom. The second-order valence-electron chi connectivity index (χ2n) is 4.28. The zero-order chi connectivity index (χ0) is 14.1. The van der Waals surface area contributed by atoms with Gasteiger partial charge in [0.05, 0.1) is 16.9 Å². The highest BCUT2D eigenvalue weighted by Crippen LogP contribution is 2.24. The number of benzene rings is 2. The van der Waals surface area contributed by atoms with E-state index in [0.717, 1.165) is 11.1 Å². The van der Waals surface area contributed by atoms with E-state index in [1.165, 1.54) is 12.1 Å². The Bertz CT molecular complexity index is 768. The Hall–Kier alpha value is -1.84. The van der Waals surface area contributed by atoms with Crippen LogP contribution in [0.25, 0.3) is 16.8 Å². The largest absolute Gasteiger partial charge is 0.240 e. The van der Waals surface area contributed by atoms with Crippen LogP contribution in [0.2, 0.25) is 10.0 Å². The van der Waals surface area contributed by atoms with Crippen molar-refractivity contribution in [1.82, 2.24) is 9.78 Å². The summed E-state index contributed by atoms with van der Waals surface area (Å²) in [5.41, 5.74) is 2.47. The van der Waals surface area contributed by atoms with Crippen molar-refractivity contribution in [1.29, 1.82) is 0 Å². The second-order valence-corrected chi connectivity index (χ2v) is 5.13. The molecule has 20 heavy (non-hydrogen) atoms. The van der Waals surface area contributed by atoms with Gasteiger partial charge in [-0.2, -0.15) is 5.10 Å². The molecule has 3 rings (SSSR count). The lowest BCUT2D eigenvalue weighted by Crippen LogP contribution is -1.94. The molecule has 0 bridgehead atoms. The number of hydrogen-bond acceptors (Lipinski definition) is 1. The minimum Gasteiger partial charge on any atom is -0.240 e. The molecule has 0 amide bonds. The molecule has 100 valence electrons. The van der Waals surface area contributed by atoms with Crippen LogP contribution < -0.4 is 0 Å². The molecule has 0 saturated carbocycles. The Morgan fingerprint density at radius 1 is 1.00 bits per heavy atom. The third kappa shape index (κ3) is 2.55. The molecule has 0 saturated heterocycles. The van der Waals surface area contributed by atoms with E-state index in [2.05, 4.69) is 5.10 Å². The predicted molar refractivity (Wildman–Crippen MR) is 79.0 cm³/mol. The Kier molecular flexibility index (Phi) is 3.47. The van der Waals surface area contributed by atoms with Crippen LogP contribution in [0.4, 0.5) is 4.39 Å². The fourth-order valence-corrected chi connectivity index (χ4v) is 2.22. The molecule has 1 heterocycles. The van der Waals surface area contributed by atoms with Crippen LogP contribution in [0, 0.1) is 5.82 Å². The summed E-state index contributed by atoms with van der Waals surface area (Å²) in [7, 11) is 0. The van der Waals surface area contributed by atoms with Crippen LogP contribution in [0.15, 0.2) is 54.9 Å². The summed E-state index contributed by atoms with van der Waals surface area (Å²) in [6.45, 7) is 0. The van der Waals surface area contributed by atoms with E-state index in [0.29, 0.717) is 10.7 Å². The molecular weight excluding hydrogens is 298 g/mol. The maximum absolute atomic E-state index is 13.5. The van der Waals surface area contributed by atoms with Gasteiger partial charge in [0.15, 0.2) is 0 Å². The first-order valence-electron chi connectivity index (χ1n) is 5.89. The Morgan fingerprint density at radius 3 is 2.60 bits per heavy atom. The Labute approximate surface area is 125 Å². The van der Waals surface area contributed by atoms with Gasteiger partial charge in [-0.25, -0.2) is 9.07 Å². The fraction of sp³-hybridized carbons (Fsp3) is 0. The molecule has 0 aliphatic heterocycles. The van der Waals surface area contributed by atoms with Crippen LogP contribution in [0.3, 0.4) is 0 Å². The quantitative estimate of drug-likeness (QED) is 0.652. The van der Waals surface area contributed by atoms with Gasteiger partial charge in [0.2, 0.25) is 0 Å². The zero-order valence-corrected chi connectivity index (χ0v) is 11.7. The smallest absolute Gasteiger partial charge is 0.143 e. The third-order valence-electron chi connectivity index (χ3n) is 2.91. The monoisotopic (exact) mass is 306 g/mol. The highest BCUT2D eigenvalue weighted by molar-refractivity contribution is 6.31. The van der Waals surface area contributed by atoms with Crippen molar-refractivity contribution in [2.24, 2.45) is 0 Å². The SMILES string of the molecule is Fc1cc(-n2cc(-c3cccc(Cl)c3)cn2)ccc1Cl. The van der Waals surface area contributed by atoms with Gasteiger partial charge in [-0.3, -0.25) is 0 Å². The molecule has 2 aromatic carbocycles. The summed E-state index contributed by atoms with van der Waals surface area (Å²) < 4.78 is 15.0. The van der Waals surface area contributed by atoms with E-state index in [4.69, 9.17) is 23.2 Å². The molecule has 5 heteroatoms. The summed E-state index contributed by atoms with van der Waals surface area (Å²) in [5, 5.41) is 4.98. The van der Waals surface area contributed by atoms with Crippen molar-refractivity contribution in [2.45, 2.75) is 0 Å². The van der Waals surface area contributed by atoms with E-state index in [1.54, 1.807) is 16.9 Å². The molecule has 0 radical (unpaired) electrons. The molecule has 3 aromatic rings. The summed E-state index contributed by atoms with van der Waals surface area (Å²) >= 11 is 11.6. The van der Waals surface area contributed by atoms with Crippen LogP contribution in [-0.4, -0.2) is 9.78 Å². The van der Waals surface area contributed by atoms with Crippen LogP contribution in [0.5, 0.6) is 0 Å². The maximum atomic E-state index is 13.5. The number of halogens is 3. The molecule has 1 aromatic heterocycles. The predicted octanol–water partition coefficient (Wildman–Crippen LogP) is 4.99. The van der Waals surface area contributed by atoms with Crippen molar-refractivity contribution in [3.05, 3.63) is 70.7 Å². The molecule has 0 unspecified atom stereocenters. The summed E-state index contributed by atoms with van der Waals surface area (Å²) in [5.74, 6) is -0.469. The standard InChI is InChI=1S/C15H9Cl2FN2/c16-12-3-1-2-10(6-12)11-8-19-20(9-11)13-4-5-14(17)15(18)7-13/h1-9H. The lowest BCUT2D eigenvalue weighted by atomic mass is 10.1. The van der Waals surface area contributed by atoms with Gasteiger partial charge in [-0.05, 0) is 29.8 Å². The Balaban J connectivity index is 1.99. The van der Waals surface area contributed by atoms with Gasteiger partial charge in [0.25, 0.3) is 0 Å². The van der Waals surface area contributed by atoms with E-state index in [1.807, 2.05) is 30.5 Å². The number of nitrogens with zero attached hydrogens (tertiary/aromatic N) is 2. The highest BCUT2D eigenvalue weighted by atomic mass is 35.5. The normalized spacial score (nSPS) is 10.8. The minimum atomic E-state index is -0.469. The molecular formula is C15H9Cl2FN2. The molecule has 0 aliphatic rings. The number of aromatic nitrogens is 2. The first-order valence-corrected chi connectivity index (χ1v) is 6.65. The molecule has 2 nitrogen and oxygen atoms in total. The van der Waals surface area contributed by atoms with Gasteiger partial charge >= 0.3 is 0 Å². The van der Waals surface area contributed by atoms with Crippen molar-refractivity contribution in [3.63, 3.8) is 0 Å². The van der Waals surface area contributed by atoms with Crippen molar-refractivity contribution in [3.8, 4) is 16.8 Å². The molecule has 0 spiro atoms. The van der Waals surface area contributed by atoms with Gasteiger partial charge in [0, 0.05) is 22.8 Å². The average molecular weight is 307 g/mol. The zero-order valence-electron chi connectivity index (χ0n) is 10.2. The van der Waals surface area contributed by atoms with E-state index in [9.17, 15) is 4.39 Å². The first kappa shape index (κ1) is 13.2. The maximum Gasteiger partial charge on any atom is 0.143 e. The first-order chi connectivity index (χ1) is 9.63. The van der Waals surface area contributed by atoms with Crippen molar-refractivity contribution < 1.29 is 4.39 Å². The van der Waals surface area contributed by atoms with Gasteiger partial charge < -0.3 is 0 Å². The number of hydrogen-bond donors (Lipinski definition) is 0. The van der Waals surface area contributed by atoms with E-state index >= 15 is 0 Å². The lowest BCUT2D eigenvalue weighted by molar-refractivity contribution is 0.626. The summed E-state index contributed by atoms with van der Waals surface area (Å²) in [6.07, 6.45) is 3.52. The van der Waals surface area contributed by atoms with Crippen molar-refractivity contribution in [2.75, 3.05) is 0 Å². The van der Waals surface area contributed by atoms with Crippen molar-refractivity contribution >= 4 is 23.2 Å². The minimum absolute atomic E-state index is 0.0935. The molecule has 0 aliphatic carbocycles. The van der Waals surface area contributed by atoms with Crippen LogP contribution in [0.1, 0.15) is 0 Å². The summed E-state index contributed by atoms with van der Waals surface area (Å²) in [6, 6.07) is 12.0. The summed E-state index contributed by atoms with van der Waals surface area (Å²) in [4.78, 5) is 0. The molecule has 0 N–H and O–H groups in total.